The van der Waals surface area contributed by atoms with Crippen LogP contribution in [-0.4, -0.2) is 40.8 Å². The van der Waals surface area contributed by atoms with Crippen molar-refractivity contribution in [2.75, 3.05) is 25.0 Å². The Hall–Kier alpha value is -4.03. The monoisotopic (exact) mass is 492 g/mol. The first kappa shape index (κ1) is 24.7. The van der Waals surface area contributed by atoms with Gasteiger partial charge in [0.1, 0.15) is 11.3 Å². The fourth-order valence-electron chi connectivity index (χ4n) is 4.82. The summed E-state index contributed by atoms with van der Waals surface area (Å²) in [4.78, 5) is 15.9. The number of piperidine rings is 1. The summed E-state index contributed by atoms with van der Waals surface area (Å²) in [5.41, 5.74) is 5.58. The maximum absolute atomic E-state index is 13.4. The average molecular weight is 493 g/mol. The second-order valence-electron chi connectivity index (χ2n) is 9.26. The van der Waals surface area contributed by atoms with Crippen molar-refractivity contribution < 1.29 is 9.53 Å². The van der Waals surface area contributed by atoms with Gasteiger partial charge in [-0.15, -0.1) is 10.2 Å². The third kappa shape index (κ3) is 5.87. The lowest BCUT2D eigenvalue weighted by atomic mass is 9.95. The van der Waals surface area contributed by atoms with Crippen LogP contribution in [0.25, 0.3) is 22.4 Å². The number of benzene rings is 3. The summed E-state index contributed by atoms with van der Waals surface area (Å²) in [5.74, 6) is -0.0570. The van der Waals surface area contributed by atoms with Crippen molar-refractivity contribution in [3.63, 3.8) is 0 Å². The molecule has 2 heterocycles. The van der Waals surface area contributed by atoms with E-state index in [1.807, 2.05) is 72.8 Å². The third-order valence-electron chi connectivity index (χ3n) is 6.63. The number of carbonyl (C=O) groups is 1. The molecule has 0 spiro atoms. The zero-order chi connectivity index (χ0) is 25.5. The van der Waals surface area contributed by atoms with E-state index in [-0.39, 0.29) is 6.61 Å². The fourth-order valence-corrected chi connectivity index (χ4v) is 4.82. The van der Waals surface area contributed by atoms with Crippen molar-refractivity contribution in [1.82, 2.24) is 15.1 Å². The van der Waals surface area contributed by atoms with E-state index in [1.165, 1.54) is 24.8 Å². The molecule has 0 saturated carbocycles. The van der Waals surface area contributed by atoms with E-state index < -0.39 is 5.97 Å². The Labute approximate surface area is 218 Å². The molecule has 0 bridgehead atoms. The fraction of sp³-hybridized carbons (Fsp3) is 0.258. The van der Waals surface area contributed by atoms with Crippen LogP contribution < -0.4 is 5.32 Å². The molecule has 0 amide bonds. The van der Waals surface area contributed by atoms with Gasteiger partial charge in [0.25, 0.3) is 0 Å². The van der Waals surface area contributed by atoms with Crippen LogP contribution in [0, 0.1) is 0 Å². The Balaban J connectivity index is 1.53. The largest absolute Gasteiger partial charge is 0.462 e. The number of nitrogens with zero attached hydrogens (tertiary/aromatic N) is 3. The van der Waals surface area contributed by atoms with Gasteiger partial charge in [-0.1, -0.05) is 79.2 Å². The van der Waals surface area contributed by atoms with Gasteiger partial charge in [-0.2, -0.15) is 0 Å². The van der Waals surface area contributed by atoms with Gasteiger partial charge in [0.2, 0.25) is 0 Å². The number of nitrogens with one attached hydrogen (secondary N) is 1. The van der Waals surface area contributed by atoms with E-state index in [1.54, 1.807) is 6.92 Å². The van der Waals surface area contributed by atoms with Crippen molar-refractivity contribution >= 4 is 17.5 Å². The van der Waals surface area contributed by atoms with Gasteiger partial charge < -0.3 is 10.1 Å². The van der Waals surface area contributed by atoms with Crippen molar-refractivity contribution in [3.8, 4) is 22.4 Å². The van der Waals surface area contributed by atoms with E-state index in [4.69, 9.17) is 4.74 Å². The number of hydrogen-bond donors (Lipinski definition) is 1. The van der Waals surface area contributed by atoms with Gasteiger partial charge in [-0.05, 0) is 56.1 Å². The first-order valence-electron chi connectivity index (χ1n) is 13.0. The highest BCUT2D eigenvalue weighted by Crippen LogP contribution is 2.37. The number of carbonyl (C=O) groups excluding carboxylic acids is 1. The molecule has 1 aliphatic rings. The van der Waals surface area contributed by atoms with E-state index in [0.29, 0.717) is 22.6 Å². The highest BCUT2D eigenvalue weighted by atomic mass is 16.5. The molecule has 1 aromatic heterocycles. The topological polar surface area (TPSA) is 67.3 Å². The smallest absolute Gasteiger partial charge is 0.342 e. The van der Waals surface area contributed by atoms with Crippen molar-refractivity contribution in [2.24, 2.45) is 0 Å². The normalized spacial score (nSPS) is 13.8. The molecule has 6 heteroatoms. The number of esters is 1. The number of likely N-dealkylation sites (tertiary alicyclic amines) is 1. The molecule has 6 nitrogen and oxygen atoms in total. The van der Waals surface area contributed by atoms with Crippen LogP contribution in [0.3, 0.4) is 0 Å². The molecule has 1 N–H and O–H groups in total. The molecule has 0 radical (unpaired) electrons. The van der Waals surface area contributed by atoms with E-state index >= 15 is 0 Å². The molecule has 37 heavy (non-hydrogen) atoms. The molecular formula is C31H32N4O2. The van der Waals surface area contributed by atoms with Gasteiger partial charge >= 0.3 is 5.97 Å². The number of rotatable bonds is 8. The van der Waals surface area contributed by atoms with Crippen molar-refractivity contribution in [1.29, 1.82) is 0 Å². The van der Waals surface area contributed by atoms with Crippen LogP contribution in [0.2, 0.25) is 0 Å². The summed E-state index contributed by atoms with van der Waals surface area (Å²) in [6.45, 7) is 5.35. The summed E-state index contributed by atoms with van der Waals surface area (Å²) in [6.07, 6.45) is 3.88. The lowest BCUT2D eigenvalue weighted by molar-refractivity contribution is 0.0528. The molecule has 1 fully saturated rings. The lowest BCUT2D eigenvalue weighted by Crippen LogP contribution is -2.29. The molecule has 1 saturated heterocycles. The van der Waals surface area contributed by atoms with Crippen molar-refractivity contribution in [3.05, 3.63) is 96.1 Å². The van der Waals surface area contributed by atoms with Crippen LogP contribution in [0.1, 0.15) is 42.1 Å². The predicted octanol–water partition coefficient (Wildman–Crippen LogP) is 6.72. The second kappa shape index (κ2) is 11.8. The summed E-state index contributed by atoms with van der Waals surface area (Å²) in [6, 6.07) is 27.9. The van der Waals surface area contributed by atoms with Gasteiger partial charge in [-0.25, -0.2) is 4.79 Å². The zero-order valence-electron chi connectivity index (χ0n) is 21.2. The molecular weight excluding hydrogens is 460 g/mol. The molecule has 0 atom stereocenters. The zero-order valence-corrected chi connectivity index (χ0v) is 21.2. The Bertz CT molecular complexity index is 1320. The van der Waals surface area contributed by atoms with Gasteiger partial charge in [-0.3, -0.25) is 4.90 Å². The first-order chi connectivity index (χ1) is 18.2. The Morgan fingerprint density at radius 3 is 2.14 bits per heavy atom. The lowest BCUT2D eigenvalue weighted by Gasteiger charge is -2.26. The Morgan fingerprint density at radius 1 is 0.838 bits per heavy atom. The van der Waals surface area contributed by atoms with E-state index in [2.05, 4.69) is 32.5 Å². The molecule has 3 aromatic carbocycles. The summed E-state index contributed by atoms with van der Waals surface area (Å²) >= 11 is 0. The molecule has 1 aliphatic heterocycles. The van der Waals surface area contributed by atoms with E-state index in [9.17, 15) is 4.79 Å². The SMILES string of the molecule is CCOC(=O)c1c(Nc2ccc(CN3CCCCC3)cc2)nnc(-c2ccccc2)c1-c1ccccc1. The van der Waals surface area contributed by atoms with Crippen LogP contribution in [0.5, 0.6) is 0 Å². The number of hydrogen-bond acceptors (Lipinski definition) is 6. The van der Waals surface area contributed by atoms with Gasteiger partial charge in [0, 0.05) is 23.4 Å². The Kier molecular flexibility index (Phi) is 7.87. The molecule has 0 unspecified atom stereocenters. The van der Waals surface area contributed by atoms with Crippen LogP contribution in [-0.2, 0) is 11.3 Å². The summed E-state index contributed by atoms with van der Waals surface area (Å²) in [5, 5.41) is 12.4. The predicted molar refractivity (Wildman–Crippen MR) is 148 cm³/mol. The van der Waals surface area contributed by atoms with Crippen LogP contribution in [0.4, 0.5) is 11.5 Å². The van der Waals surface area contributed by atoms with Crippen LogP contribution in [0.15, 0.2) is 84.9 Å². The average Bonchev–Trinajstić information content (AvgIpc) is 2.95. The van der Waals surface area contributed by atoms with Gasteiger partial charge in [0.05, 0.1) is 6.61 Å². The maximum atomic E-state index is 13.4. The minimum atomic E-state index is -0.433. The number of ether oxygens (including phenoxy) is 1. The Morgan fingerprint density at radius 2 is 1.49 bits per heavy atom. The molecule has 0 aliphatic carbocycles. The second-order valence-corrected chi connectivity index (χ2v) is 9.26. The highest BCUT2D eigenvalue weighted by molar-refractivity contribution is 6.05. The maximum Gasteiger partial charge on any atom is 0.342 e. The summed E-state index contributed by atoms with van der Waals surface area (Å²) in [7, 11) is 0. The number of aromatic nitrogens is 2. The first-order valence-corrected chi connectivity index (χ1v) is 13.0. The van der Waals surface area contributed by atoms with Crippen molar-refractivity contribution in [2.45, 2.75) is 32.7 Å². The third-order valence-corrected chi connectivity index (χ3v) is 6.63. The molecule has 188 valence electrons. The van der Waals surface area contributed by atoms with Gasteiger partial charge in [0.15, 0.2) is 5.82 Å². The van der Waals surface area contributed by atoms with E-state index in [0.717, 1.165) is 36.4 Å². The number of anilines is 2. The minimum absolute atomic E-state index is 0.265. The molecule has 4 aromatic rings. The van der Waals surface area contributed by atoms with Crippen LogP contribution >= 0.6 is 0 Å². The minimum Gasteiger partial charge on any atom is -0.462 e. The highest BCUT2D eigenvalue weighted by Gasteiger charge is 2.25. The standard InChI is InChI=1S/C31H32N4O2/c1-2-37-31(36)28-27(24-12-6-3-7-13-24)29(25-14-8-4-9-15-25)33-34-30(28)32-26-18-16-23(17-19-26)22-35-20-10-5-11-21-35/h3-4,6-9,12-19H,2,5,10-11,20-22H2,1H3,(H,32,34). The molecule has 5 rings (SSSR count). The summed E-state index contributed by atoms with van der Waals surface area (Å²) < 4.78 is 5.51. The quantitative estimate of drug-likeness (QED) is 0.276.